The molecule has 1 amide bonds. The zero-order valence-electron chi connectivity index (χ0n) is 18.6. The molecule has 2 fully saturated rings. The highest BCUT2D eigenvalue weighted by atomic mass is 19.1. The summed E-state index contributed by atoms with van der Waals surface area (Å²) < 4.78 is 22.2. The maximum Gasteiger partial charge on any atom is 0.407 e. The molecule has 2 aliphatic rings. The fourth-order valence-corrected chi connectivity index (χ4v) is 4.22. The summed E-state index contributed by atoms with van der Waals surface area (Å²) in [5.74, 6) is -1.86. The van der Waals surface area contributed by atoms with Crippen LogP contribution < -0.4 is 15.6 Å². The summed E-state index contributed by atoms with van der Waals surface area (Å²) in [5, 5.41) is 12.3. The quantitative estimate of drug-likeness (QED) is 0.747. The SMILES string of the molecule is CC1CN(c2cc3c(cc2F)c(=O)c(C(=O)O)cn3C2CC2)CC1NC(=O)OC(C)(C)C. The molecule has 1 saturated carbocycles. The third-order valence-electron chi connectivity index (χ3n) is 5.93. The van der Waals surface area contributed by atoms with Crippen molar-refractivity contribution in [1.29, 1.82) is 0 Å². The number of carbonyl (C=O) groups is 2. The van der Waals surface area contributed by atoms with Crippen molar-refractivity contribution in [2.45, 2.75) is 58.2 Å². The maximum atomic E-state index is 15.1. The van der Waals surface area contributed by atoms with Gasteiger partial charge in [0.1, 0.15) is 17.0 Å². The van der Waals surface area contributed by atoms with Crippen LogP contribution in [0.2, 0.25) is 0 Å². The van der Waals surface area contributed by atoms with Gasteiger partial charge in [0.15, 0.2) is 0 Å². The van der Waals surface area contributed by atoms with Crippen LogP contribution in [0, 0.1) is 11.7 Å². The first kappa shape index (κ1) is 22.1. The van der Waals surface area contributed by atoms with Crippen LogP contribution in [0.5, 0.6) is 0 Å². The van der Waals surface area contributed by atoms with Gasteiger partial charge in [0.05, 0.1) is 17.2 Å². The van der Waals surface area contributed by atoms with E-state index in [-0.39, 0.29) is 29.0 Å². The number of nitrogens with one attached hydrogen (secondary N) is 1. The average Bonchev–Trinajstić information content (AvgIpc) is 3.44. The number of hydrogen-bond acceptors (Lipinski definition) is 5. The molecule has 1 saturated heterocycles. The minimum absolute atomic E-state index is 0.0534. The van der Waals surface area contributed by atoms with Gasteiger partial charge >= 0.3 is 12.1 Å². The molecule has 1 aromatic carbocycles. The molecule has 0 bridgehead atoms. The van der Waals surface area contributed by atoms with E-state index in [0.717, 1.165) is 18.9 Å². The van der Waals surface area contributed by atoms with Crippen LogP contribution in [-0.2, 0) is 4.74 Å². The van der Waals surface area contributed by atoms with Gasteiger partial charge in [-0.3, -0.25) is 4.79 Å². The smallest absolute Gasteiger partial charge is 0.407 e. The number of alkyl carbamates (subject to hydrolysis) is 1. The van der Waals surface area contributed by atoms with E-state index in [1.165, 1.54) is 6.20 Å². The molecule has 2 atom stereocenters. The Bertz CT molecular complexity index is 1150. The average molecular weight is 445 g/mol. The van der Waals surface area contributed by atoms with Crippen LogP contribution >= 0.6 is 0 Å². The number of anilines is 1. The lowest BCUT2D eigenvalue weighted by Crippen LogP contribution is -2.42. The Morgan fingerprint density at radius 1 is 1.22 bits per heavy atom. The summed E-state index contributed by atoms with van der Waals surface area (Å²) in [7, 11) is 0. The number of rotatable bonds is 4. The Morgan fingerprint density at radius 2 is 1.91 bits per heavy atom. The van der Waals surface area contributed by atoms with Crippen molar-refractivity contribution in [2.75, 3.05) is 18.0 Å². The van der Waals surface area contributed by atoms with E-state index in [1.54, 1.807) is 31.4 Å². The standard InChI is InChI=1S/C23H28FN3O5/c1-12-9-26(11-17(12)25-22(31)32-23(2,3)4)19-8-18-14(7-16(19)24)20(28)15(21(29)30)10-27(18)13-5-6-13/h7-8,10,12-13,17H,5-6,9,11H2,1-4H3,(H,25,31)(H,29,30). The number of halogens is 1. The van der Waals surface area contributed by atoms with E-state index < -0.39 is 28.9 Å². The molecule has 1 aliphatic heterocycles. The Hall–Kier alpha value is -3.10. The number of carboxylic acids is 1. The lowest BCUT2D eigenvalue weighted by Gasteiger charge is -2.23. The van der Waals surface area contributed by atoms with Crippen molar-refractivity contribution in [2.24, 2.45) is 5.92 Å². The number of nitrogens with zero attached hydrogens (tertiary/aromatic N) is 2. The van der Waals surface area contributed by atoms with Gasteiger partial charge in [-0.05, 0) is 51.7 Å². The Kier molecular flexibility index (Phi) is 5.38. The van der Waals surface area contributed by atoms with Gasteiger partial charge in [0, 0.05) is 30.7 Å². The topological polar surface area (TPSA) is 101 Å². The largest absolute Gasteiger partial charge is 0.477 e. The highest BCUT2D eigenvalue weighted by Crippen LogP contribution is 2.38. The second-order valence-electron chi connectivity index (χ2n) is 9.77. The highest BCUT2D eigenvalue weighted by molar-refractivity contribution is 5.93. The van der Waals surface area contributed by atoms with Crippen molar-refractivity contribution in [1.82, 2.24) is 9.88 Å². The number of carboxylic acid groups (broad SMARTS) is 1. The van der Waals surface area contributed by atoms with Crippen LogP contribution in [-0.4, -0.2) is 46.5 Å². The predicted molar refractivity (Wildman–Crippen MR) is 118 cm³/mol. The Morgan fingerprint density at radius 3 is 2.50 bits per heavy atom. The molecule has 0 radical (unpaired) electrons. The summed E-state index contributed by atoms with van der Waals surface area (Å²) in [4.78, 5) is 38.2. The molecule has 2 heterocycles. The van der Waals surface area contributed by atoms with E-state index >= 15 is 4.39 Å². The summed E-state index contributed by atoms with van der Waals surface area (Å²) in [6, 6.07) is 2.64. The summed E-state index contributed by atoms with van der Waals surface area (Å²) in [6.07, 6.45) is 2.61. The molecule has 2 N–H and O–H groups in total. The van der Waals surface area contributed by atoms with E-state index in [0.29, 0.717) is 24.3 Å². The third kappa shape index (κ3) is 4.28. The molecule has 2 aromatic rings. The van der Waals surface area contributed by atoms with Gasteiger partial charge in [-0.25, -0.2) is 14.0 Å². The predicted octanol–water partition coefficient (Wildman–Crippen LogP) is 3.52. The number of aromatic carboxylic acids is 1. The highest BCUT2D eigenvalue weighted by Gasteiger charge is 2.34. The molecule has 1 aromatic heterocycles. The van der Waals surface area contributed by atoms with Crippen molar-refractivity contribution in [3.8, 4) is 0 Å². The molecule has 4 rings (SSSR count). The second-order valence-corrected chi connectivity index (χ2v) is 9.77. The van der Waals surface area contributed by atoms with Crippen molar-refractivity contribution < 1.29 is 23.8 Å². The Balaban J connectivity index is 1.67. The number of aromatic nitrogens is 1. The lowest BCUT2D eigenvalue weighted by atomic mass is 10.1. The summed E-state index contributed by atoms with van der Waals surface area (Å²) >= 11 is 0. The van der Waals surface area contributed by atoms with Gasteiger partial charge in [0.2, 0.25) is 5.43 Å². The minimum Gasteiger partial charge on any atom is -0.477 e. The third-order valence-corrected chi connectivity index (χ3v) is 5.93. The molecule has 172 valence electrons. The van der Waals surface area contributed by atoms with E-state index in [9.17, 15) is 19.5 Å². The van der Waals surface area contributed by atoms with E-state index in [2.05, 4.69) is 5.32 Å². The van der Waals surface area contributed by atoms with Crippen molar-refractivity contribution in [3.05, 3.63) is 39.9 Å². The molecule has 8 nitrogen and oxygen atoms in total. The zero-order valence-corrected chi connectivity index (χ0v) is 18.6. The van der Waals surface area contributed by atoms with Crippen LogP contribution in [0.25, 0.3) is 10.9 Å². The summed E-state index contributed by atoms with van der Waals surface area (Å²) in [6.45, 7) is 8.25. The van der Waals surface area contributed by atoms with Crippen LogP contribution in [0.15, 0.2) is 23.1 Å². The second kappa shape index (κ2) is 7.79. The molecule has 2 unspecified atom stereocenters. The molecular formula is C23H28FN3O5. The molecule has 32 heavy (non-hydrogen) atoms. The van der Waals surface area contributed by atoms with E-state index in [1.807, 2.05) is 11.8 Å². The van der Waals surface area contributed by atoms with Crippen molar-refractivity contribution >= 4 is 28.7 Å². The van der Waals surface area contributed by atoms with Gasteiger partial charge in [-0.15, -0.1) is 0 Å². The van der Waals surface area contributed by atoms with Gasteiger partial charge in [-0.2, -0.15) is 0 Å². The van der Waals surface area contributed by atoms with Crippen molar-refractivity contribution in [3.63, 3.8) is 0 Å². The number of hydrogen-bond donors (Lipinski definition) is 2. The molecule has 0 spiro atoms. The Labute approximate surface area is 185 Å². The zero-order chi connectivity index (χ0) is 23.4. The monoisotopic (exact) mass is 445 g/mol. The number of amides is 1. The number of ether oxygens (including phenoxy) is 1. The first-order chi connectivity index (χ1) is 14.9. The lowest BCUT2D eigenvalue weighted by molar-refractivity contribution is 0.0499. The van der Waals surface area contributed by atoms with Gasteiger partial charge < -0.3 is 24.6 Å². The van der Waals surface area contributed by atoms with Gasteiger partial charge in [-0.1, -0.05) is 6.92 Å². The van der Waals surface area contributed by atoms with Crippen LogP contribution in [0.3, 0.4) is 0 Å². The number of carbonyl (C=O) groups excluding carboxylic acids is 1. The number of benzene rings is 1. The van der Waals surface area contributed by atoms with Crippen LogP contribution in [0.1, 0.15) is 56.9 Å². The number of fused-ring (bicyclic) bond motifs is 1. The van der Waals surface area contributed by atoms with Gasteiger partial charge in [0.25, 0.3) is 0 Å². The normalized spacial score (nSPS) is 21.1. The van der Waals surface area contributed by atoms with E-state index in [4.69, 9.17) is 4.74 Å². The minimum atomic E-state index is -1.32. The molecule has 9 heteroatoms. The fraction of sp³-hybridized carbons (Fsp3) is 0.522. The number of pyridine rings is 1. The first-order valence-electron chi connectivity index (χ1n) is 10.8. The maximum absolute atomic E-state index is 15.1. The summed E-state index contributed by atoms with van der Waals surface area (Å²) in [5.41, 5.74) is -0.802. The van der Waals surface area contributed by atoms with Crippen LogP contribution in [0.4, 0.5) is 14.9 Å². The fourth-order valence-electron chi connectivity index (χ4n) is 4.22. The first-order valence-corrected chi connectivity index (χ1v) is 10.8. The molecular weight excluding hydrogens is 417 g/mol. The molecule has 1 aliphatic carbocycles.